The molecule has 1 unspecified atom stereocenters. The van der Waals surface area contributed by atoms with Gasteiger partial charge in [-0.2, -0.15) is 5.26 Å². The van der Waals surface area contributed by atoms with Gasteiger partial charge in [-0.1, -0.05) is 12.2 Å². The minimum atomic E-state index is 0.621. The zero-order valence-corrected chi connectivity index (χ0v) is 8.04. The molecule has 0 bridgehead atoms. The molecule has 2 nitrogen and oxygen atoms in total. The van der Waals surface area contributed by atoms with Crippen molar-refractivity contribution < 1.29 is 4.74 Å². The van der Waals surface area contributed by atoms with E-state index in [9.17, 15) is 0 Å². The summed E-state index contributed by atoms with van der Waals surface area (Å²) in [6.07, 6.45) is 9.57. The van der Waals surface area contributed by atoms with Crippen LogP contribution in [0.3, 0.4) is 0 Å². The van der Waals surface area contributed by atoms with E-state index in [2.05, 4.69) is 18.2 Å². The number of hydrogen-bond donors (Lipinski definition) is 0. The summed E-state index contributed by atoms with van der Waals surface area (Å²) < 4.78 is 5.36. The molecular formula is C11H17NO. The Bertz CT molecular complexity index is 187. The van der Waals surface area contributed by atoms with E-state index in [0.29, 0.717) is 12.3 Å². The van der Waals surface area contributed by atoms with Gasteiger partial charge in [0.05, 0.1) is 12.7 Å². The van der Waals surface area contributed by atoms with E-state index in [1.807, 2.05) is 0 Å². The summed E-state index contributed by atoms with van der Waals surface area (Å²) in [4.78, 5) is 0. The van der Waals surface area contributed by atoms with Crippen LogP contribution < -0.4 is 0 Å². The van der Waals surface area contributed by atoms with Crippen LogP contribution in [0.1, 0.15) is 32.1 Å². The smallest absolute Gasteiger partial charge is 0.0621 e. The molecule has 1 aliphatic heterocycles. The average molecular weight is 179 g/mol. The molecule has 0 aromatic carbocycles. The van der Waals surface area contributed by atoms with Crippen LogP contribution in [0.4, 0.5) is 0 Å². The predicted molar refractivity (Wildman–Crippen MR) is 52.1 cm³/mol. The second-order valence-electron chi connectivity index (χ2n) is 3.46. The number of unbranched alkanes of at least 4 members (excludes halogenated alkanes) is 2. The van der Waals surface area contributed by atoms with Gasteiger partial charge in [-0.05, 0) is 25.7 Å². The van der Waals surface area contributed by atoms with Crippen molar-refractivity contribution in [3.63, 3.8) is 0 Å². The fraction of sp³-hybridized carbons (Fsp3) is 0.727. The zero-order valence-electron chi connectivity index (χ0n) is 8.04. The lowest BCUT2D eigenvalue weighted by atomic mass is 10.0. The van der Waals surface area contributed by atoms with E-state index in [1.165, 1.54) is 12.8 Å². The van der Waals surface area contributed by atoms with Gasteiger partial charge in [-0.3, -0.25) is 0 Å². The van der Waals surface area contributed by atoms with Crippen LogP contribution in [0.25, 0.3) is 0 Å². The Morgan fingerprint density at radius 3 is 3.15 bits per heavy atom. The normalized spacial score (nSPS) is 23.2. The van der Waals surface area contributed by atoms with Crippen molar-refractivity contribution in [2.75, 3.05) is 13.2 Å². The maximum atomic E-state index is 8.32. The quantitative estimate of drug-likeness (QED) is 0.491. The molecule has 0 aromatic heterocycles. The van der Waals surface area contributed by atoms with Gasteiger partial charge >= 0.3 is 0 Å². The van der Waals surface area contributed by atoms with Crippen molar-refractivity contribution >= 4 is 0 Å². The Balaban J connectivity index is 2.05. The van der Waals surface area contributed by atoms with Crippen LogP contribution in [0.5, 0.6) is 0 Å². The first-order valence-corrected chi connectivity index (χ1v) is 5.05. The van der Waals surface area contributed by atoms with Crippen molar-refractivity contribution in [1.82, 2.24) is 0 Å². The molecule has 0 saturated carbocycles. The van der Waals surface area contributed by atoms with Crippen molar-refractivity contribution in [1.29, 1.82) is 5.26 Å². The Hall–Kier alpha value is -0.810. The van der Waals surface area contributed by atoms with Gasteiger partial charge in [0, 0.05) is 18.9 Å². The molecule has 2 heteroatoms. The molecule has 1 aliphatic rings. The molecule has 1 atom stereocenters. The molecule has 1 saturated heterocycles. The largest absolute Gasteiger partial charge is 0.381 e. The molecule has 1 fully saturated rings. The first-order valence-electron chi connectivity index (χ1n) is 5.05. The predicted octanol–water partition coefficient (Wildman–Crippen LogP) is 2.66. The molecule has 1 heterocycles. The number of ether oxygens (including phenoxy) is 1. The molecule has 0 aromatic rings. The van der Waals surface area contributed by atoms with Crippen LogP contribution in [0.2, 0.25) is 0 Å². The molecule has 0 aliphatic carbocycles. The SMILES string of the molecule is N#CCCC/C=C/C1CCCOC1. The third kappa shape index (κ3) is 4.69. The summed E-state index contributed by atoms with van der Waals surface area (Å²) in [5.74, 6) is 0.621. The fourth-order valence-electron chi connectivity index (χ4n) is 1.51. The molecule has 72 valence electrons. The van der Waals surface area contributed by atoms with Gasteiger partial charge in [0.25, 0.3) is 0 Å². The van der Waals surface area contributed by atoms with Gasteiger partial charge in [-0.15, -0.1) is 0 Å². The molecular weight excluding hydrogens is 162 g/mol. The van der Waals surface area contributed by atoms with Crippen molar-refractivity contribution in [2.45, 2.75) is 32.1 Å². The molecule has 0 N–H and O–H groups in total. The van der Waals surface area contributed by atoms with Gasteiger partial charge in [0.1, 0.15) is 0 Å². The summed E-state index contributed by atoms with van der Waals surface area (Å²) in [6, 6.07) is 2.15. The third-order valence-corrected chi connectivity index (χ3v) is 2.26. The van der Waals surface area contributed by atoms with Gasteiger partial charge in [0.15, 0.2) is 0 Å². The van der Waals surface area contributed by atoms with Crippen LogP contribution in [-0.4, -0.2) is 13.2 Å². The zero-order chi connectivity index (χ0) is 9.36. The molecule has 13 heavy (non-hydrogen) atoms. The van der Waals surface area contributed by atoms with Crippen molar-refractivity contribution in [3.8, 4) is 6.07 Å². The standard InChI is InChI=1S/C11H17NO/c12-8-4-2-1-3-6-11-7-5-9-13-10-11/h3,6,11H,1-2,4-5,7,9-10H2/b6-3+. The highest BCUT2D eigenvalue weighted by atomic mass is 16.5. The Labute approximate surface area is 80.2 Å². The number of nitrogens with zero attached hydrogens (tertiary/aromatic N) is 1. The van der Waals surface area contributed by atoms with E-state index in [-0.39, 0.29) is 0 Å². The number of rotatable bonds is 4. The van der Waals surface area contributed by atoms with Crippen LogP contribution >= 0.6 is 0 Å². The molecule has 1 rings (SSSR count). The average Bonchev–Trinajstić information content (AvgIpc) is 2.19. The number of allylic oxidation sites excluding steroid dienone is 1. The summed E-state index contributed by atoms with van der Waals surface area (Å²) in [7, 11) is 0. The number of hydrogen-bond acceptors (Lipinski definition) is 2. The second-order valence-corrected chi connectivity index (χ2v) is 3.46. The first kappa shape index (κ1) is 10.3. The van der Waals surface area contributed by atoms with E-state index in [0.717, 1.165) is 26.1 Å². The summed E-state index contributed by atoms with van der Waals surface area (Å²) in [5, 5.41) is 8.32. The summed E-state index contributed by atoms with van der Waals surface area (Å²) in [6.45, 7) is 1.81. The van der Waals surface area contributed by atoms with Gasteiger partial charge in [-0.25, -0.2) is 0 Å². The van der Waals surface area contributed by atoms with E-state index in [4.69, 9.17) is 10.00 Å². The lowest BCUT2D eigenvalue weighted by molar-refractivity contribution is 0.0709. The highest BCUT2D eigenvalue weighted by Gasteiger charge is 2.09. The van der Waals surface area contributed by atoms with Crippen molar-refractivity contribution in [3.05, 3.63) is 12.2 Å². The lowest BCUT2D eigenvalue weighted by Gasteiger charge is -2.18. The lowest BCUT2D eigenvalue weighted by Crippen LogP contribution is -2.14. The molecule has 0 spiro atoms. The molecule has 0 amide bonds. The Morgan fingerprint density at radius 2 is 2.46 bits per heavy atom. The van der Waals surface area contributed by atoms with E-state index < -0.39 is 0 Å². The number of nitriles is 1. The topological polar surface area (TPSA) is 33.0 Å². The third-order valence-electron chi connectivity index (χ3n) is 2.26. The highest BCUT2D eigenvalue weighted by Crippen LogP contribution is 2.15. The minimum Gasteiger partial charge on any atom is -0.381 e. The summed E-state index contributed by atoms with van der Waals surface area (Å²) in [5.41, 5.74) is 0. The van der Waals surface area contributed by atoms with Crippen LogP contribution in [-0.2, 0) is 4.74 Å². The Morgan fingerprint density at radius 1 is 1.54 bits per heavy atom. The summed E-state index contributed by atoms with van der Waals surface area (Å²) >= 11 is 0. The van der Waals surface area contributed by atoms with Crippen LogP contribution in [0, 0.1) is 17.2 Å². The fourth-order valence-corrected chi connectivity index (χ4v) is 1.51. The van der Waals surface area contributed by atoms with Gasteiger partial charge < -0.3 is 4.74 Å². The monoisotopic (exact) mass is 179 g/mol. The maximum Gasteiger partial charge on any atom is 0.0621 e. The Kier molecular flexibility index (Phi) is 5.28. The highest BCUT2D eigenvalue weighted by molar-refractivity contribution is 4.90. The van der Waals surface area contributed by atoms with Crippen molar-refractivity contribution in [2.24, 2.45) is 5.92 Å². The van der Waals surface area contributed by atoms with Gasteiger partial charge in [0.2, 0.25) is 0 Å². The van der Waals surface area contributed by atoms with E-state index in [1.54, 1.807) is 0 Å². The van der Waals surface area contributed by atoms with Crippen LogP contribution in [0.15, 0.2) is 12.2 Å². The minimum absolute atomic E-state index is 0.621. The van der Waals surface area contributed by atoms with E-state index >= 15 is 0 Å². The molecule has 0 radical (unpaired) electrons. The second kappa shape index (κ2) is 6.68. The first-order chi connectivity index (χ1) is 6.43. The maximum absolute atomic E-state index is 8.32.